The van der Waals surface area contributed by atoms with Crippen LogP contribution < -0.4 is 4.74 Å². The maximum Gasteiger partial charge on any atom is 0.419 e. The van der Waals surface area contributed by atoms with Crippen LogP contribution >= 0.6 is 11.6 Å². The van der Waals surface area contributed by atoms with Crippen molar-refractivity contribution in [1.29, 1.82) is 0 Å². The van der Waals surface area contributed by atoms with E-state index < -0.39 is 34.2 Å². The first-order valence-corrected chi connectivity index (χ1v) is 4.82. The number of halogens is 6. The van der Waals surface area contributed by atoms with E-state index in [9.17, 15) is 26.7 Å². The first-order valence-electron chi connectivity index (χ1n) is 4.44. The number of hydrogen-bond acceptors (Lipinski definition) is 2. The molecule has 0 aliphatic carbocycles. The zero-order valence-corrected chi connectivity index (χ0v) is 9.57. The molecule has 100 valence electrons. The maximum absolute atomic E-state index is 12.6. The number of carbonyl (C=O) groups excluding carboxylic acids is 1. The second kappa shape index (κ2) is 4.72. The summed E-state index contributed by atoms with van der Waals surface area (Å²) in [5.74, 6) is -2.48. The average Bonchev–Trinajstić information content (AvgIpc) is 2.24. The Hall–Kier alpha value is -1.37. The molecule has 18 heavy (non-hydrogen) atoms. The van der Waals surface area contributed by atoms with Crippen molar-refractivity contribution in [2.24, 2.45) is 0 Å². The molecule has 0 atom stereocenters. The molecular weight excluding hydrogens is 283 g/mol. The summed E-state index contributed by atoms with van der Waals surface area (Å²) in [6.45, 7) is 0. The van der Waals surface area contributed by atoms with Crippen molar-refractivity contribution in [1.82, 2.24) is 0 Å². The van der Waals surface area contributed by atoms with Gasteiger partial charge in [0.2, 0.25) is 5.78 Å². The summed E-state index contributed by atoms with van der Waals surface area (Å²) < 4.78 is 67.2. The molecule has 0 saturated heterocycles. The highest BCUT2D eigenvalue weighted by atomic mass is 35.5. The number of ether oxygens (including phenoxy) is 1. The Labute approximate surface area is 103 Å². The van der Waals surface area contributed by atoms with E-state index in [1.54, 1.807) is 0 Å². The van der Waals surface area contributed by atoms with Crippen molar-refractivity contribution < 1.29 is 31.5 Å². The minimum atomic E-state index is -4.83. The fourth-order valence-electron chi connectivity index (χ4n) is 1.23. The van der Waals surface area contributed by atoms with Crippen LogP contribution in [0, 0.1) is 0 Å². The number of alkyl halides is 6. The smallest absolute Gasteiger partial charge is 0.419 e. The minimum Gasteiger partial charge on any atom is -0.496 e. The fraction of sp³-hybridized carbons (Fsp3) is 0.300. The van der Waals surface area contributed by atoms with Gasteiger partial charge in [-0.05, 0) is 29.8 Å². The summed E-state index contributed by atoms with van der Waals surface area (Å²) in [5, 5.41) is -4.25. The summed E-state index contributed by atoms with van der Waals surface area (Å²) >= 11 is 4.46. The van der Waals surface area contributed by atoms with Gasteiger partial charge in [0.15, 0.2) is 0 Å². The first kappa shape index (κ1) is 14.7. The fourth-order valence-corrected chi connectivity index (χ4v) is 1.34. The van der Waals surface area contributed by atoms with Crippen LogP contribution in [0.15, 0.2) is 18.2 Å². The quantitative estimate of drug-likeness (QED) is 0.481. The number of methoxy groups -OCH3 is 1. The summed E-state index contributed by atoms with van der Waals surface area (Å²) in [6.07, 6.45) is -4.83. The zero-order chi connectivity index (χ0) is 14.1. The molecule has 0 aliphatic rings. The molecule has 0 amide bonds. The second-order valence-corrected chi connectivity index (χ2v) is 3.71. The molecule has 0 aromatic heterocycles. The molecule has 0 heterocycles. The monoisotopic (exact) mass is 288 g/mol. The largest absolute Gasteiger partial charge is 0.496 e. The van der Waals surface area contributed by atoms with Gasteiger partial charge >= 0.3 is 11.6 Å². The van der Waals surface area contributed by atoms with Crippen LogP contribution in [-0.2, 0) is 6.18 Å². The third-order valence-corrected chi connectivity index (χ3v) is 2.20. The summed E-state index contributed by atoms with van der Waals surface area (Å²) in [6, 6.07) is 1.84. The molecule has 2 nitrogen and oxygen atoms in total. The van der Waals surface area contributed by atoms with Gasteiger partial charge in [-0.1, -0.05) is 0 Å². The third kappa shape index (κ3) is 3.10. The lowest BCUT2D eigenvalue weighted by Gasteiger charge is -2.14. The van der Waals surface area contributed by atoms with Crippen LogP contribution in [0.3, 0.4) is 0 Å². The van der Waals surface area contributed by atoms with E-state index in [0.717, 1.165) is 19.2 Å². The summed E-state index contributed by atoms with van der Waals surface area (Å²) in [5.41, 5.74) is -2.17. The normalized spacial score (nSPS) is 12.4. The van der Waals surface area contributed by atoms with Crippen molar-refractivity contribution in [2.45, 2.75) is 11.6 Å². The lowest BCUT2D eigenvalue weighted by molar-refractivity contribution is -0.138. The van der Waals surface area contributed by atoms with Gasteiger partial charge in [-0.15, -0.1) is 0 Å². The standard InChI is InChI=1S/C10H6ClF5O2/c1-18-7-3-2-5(8(17)9(11,12)13)4-6(7)10(14,15)16/h2-4H,1H3. The Morgan fingerprint density at radius 3 is 2.17 bits per heavy atom. The average molecular weight is 289 g/mol. The van der Waals surface area contributed by atoms with E-state index in [1.165, 1.54) is 0 Å². The molecule has 1 aromatic carbocycles. The van der Waals surface area contributed by atoms with Crippen molar-refractivity contribution in [3.8, 4) is 5.75 Å². The summed E-state index contributed by atoms with van der Waals surface area (Å²) in [7, 11) is 0.988. The van der Waals surface area contributed by atoms with E-state index in [4.69, 9.17) is 0 Å². The van der Waals surface area contributed by atoms with E-state index in [2.05, 4.69) is 16.3 Å². The lowest BCUT2D eigenvalue weighted by Crippen LogP contribution is -2.22. The van der Waals surface area contributed by atoms with Gasteiger partial charge in [0.05, 0.1) is 12.7 Å². The number of rotatable bonds is 3. The van der Waals surface area contributed by atoms with Crippen molar-refractivity contribution in [3.05, 3.63) is 29.3 Å². The molecule has 0 bridgehead atoms. The lowest BCUT2D eigenvalue weighted by atomic mass is 10.1. The number of ketones is 1. The molecule has 0 saturated carbocycles. The summed E-state index contributed by atoms with van der Waals surface area (Å²) in [4.78, 5) is 11.1. The molecule has 0 aliphatic heterocycles. The molecule has 0 N–H and O–H groups in total. The maximum atomic E-state index is 12.6. The number of Topliss-reactive ketones (excluding diaryl/α,β-unsaturated/α-hetero) is 1. The molecular formula is C10H6ClF5O2. The molecule has 0 spiro atoms. The third-order valence-electron chi connectivity index (χ3n) is 2.02. The van der Waals surface area contributed by atoms with Crippen molar-refractivity contribution in [2.75, 3.05) is 7.11 Å². The van der Waals surface area contributed by atoms with Gasteiger partial charge in [0.1, 0.15) is 5.75 Å². The molecule has 0 fully saturated rings. The van der Waals surface area contributed by atoms with Crippen LogP contribution in [-0.4, -0.2) is 18.3 Å². The predicted octanol–water partition coefficient (Wildman–Crippen LogP) is 3.73. The van der Waals surface area contributed by atoms with Gasteiger partial charge in [-0.3, -0.25) is 4.79 Å². The van der Waals surface area contributed by atoms with Gasteiger partial charge in [0.25, 0.3) is 0 Å². The highest BCUT2D eigenvalue weighted by molar-refractivity contribution is 6.35. The Balaban J connectivity index is 3.32. The van der Waals surface area contributed by atoms with Crippen LogP contribution in [0.25, 0.3) is 0 Å². The Bertz CT molecular complexity index is 464. The topological polar surface area (TPSA) is 26.3 Å². The van der Waals surface area contributed by atoms with Crippen LogP contribution in [0.1, 0.15) is 15.9 Å². The van der Waals surface area contributed by atoms with Crippen LogP contribution in [0.2, 0.25) is 0 Å². The van der Waals surface area contributed by atoms with Gasteiger partial charge < -0.3 is 4.74 Å². The van der Waals surface area contributed by atoms with Gasteiger partial charge in [0, 0.05) is 5.56 Å². The van der Waals surface area contributed by atoms with Crippen LogP contribution in [0.5, 0.6) is 5.75 Å². The van der Waals surface area contributed by atoms with E-state index >= 15 is 0 Å². The Kier molecular flexibility index (Phi) is 3.85. The van der Waals surface area contributed by atoms with Crippen LogP contribution in [0.4, 0.5) is 22.0 Å². The van der Waals surface area contributed by atoms with Crippen molar-refractivity contribution in [3.63, 3.8) is 0 Å². The minimum absolute atomic E-state index is 0.275. The SMILES string of the molecule is COc1ccc(C(=O)C(F)(F)Cl)cc1C(F)(F)F. The van der Waals surface area contributed by atoms with E-state index in [1.807, 2.05) is 0 Å². The predicted molar refractivity (Wildman–Crippen MR) is 53.1 cm³/mol. The van der Waals surface area contributed by atoms with E-state index in [0.29, 0.717) is 0 Å². The Morgan fingerprint density at radius 1 is 1.22 bits per heavy atom. The first-order chi connectivity index (χ1) is 8.07. The highest BCUT2D eigenvalue weighted by Crippen LogP contribution is 2.37. The highest BCUT2D eigenvalue weighted by Gasteiger charge is 2.39. The van der Waals surface area contributed by atoms with Gasteiger partial charge in [-0.2, -0.15) is 22.0 Å². The molecule has 1 rings (SSSR count). The number of carbonyl (C=O) groups is 1. The molecule has 8 heteroatoms. The molecule has 1 aromatic rings. The molecule has 0 radical (unpaired) electrons. The number of benzene rings is 1. The second-order valence-electron chi connectivity index (χ2n) is 3.24. The van der Waals surface area contributed by atoms with Crippen molar-refractivity contribution >= 4 is 17.4 Å². The van der Waals surface area contributed by atoms with Gasteiger partial charge in [-0.25, -0.2) is 0 Å². The Morgan fingerprint density at radius 2 is 1.78 bits per heavy atom. The zero-order valence-electron chi connectivity index (χ0n) is 8.82. The number of hydrogen-bond donors (Lipinski definition) is 0. The van der Waals surface area contributed by atoms with E-state index in [-0.39, 0.29) is 6.07 Å². The molecule has 0 unspecified atom stereocenters.